The Hall–Kier alpha value is -7.51. The summed E-state index contributed by atoms with van der Waals surface area (Å²) >= 11 is 0. The van der Waals surface area contributed by atoms with Gasteiger partial charge in [0.1, 0.15) is 40.3 Å². The third kappa shape index (κ3) is 9.65. The topological polar surface area (TPSA) is 208 Å². The lowest BCUT2D eigenvalue weighted by atomic mass is 9.94. The summed E-state index contributed by atoms with van der Waals surface area (Å²) < 4.78 is 25.7. The largest absolute Gasteiger partial charge is 0.495 e. The maximum absolute atomic E-state index is 13.5. The van der Waals surface area contributed by atoms with Crippen LogP contribution in [-0.4, -0.2) is 131 Å². The summed E-state index contributed by atoms with van der Waals surface area (Å²) in [5, 5.41) is 11.9. The van der Waals surface area contributed by atoms with E-state index in [0.717, 1.165) is 72.8 Å². The maximum atomic E-state index is 13.5. The van der Waals surface area contributed by atoms with Gasteiger partial charge in [-0.05, 0) is 125 Å². The molecule has 0 bridgehead atoms. The Balaban J connectivity index is 0.701. The minimum absolute atomic E-state index is 0.0556. The molecule has 2 aromatic heterocycles. The van der Waals surface area contributed by atoms with Crippen molar-refractivity contribution in [3.05, 3.63) is 102 Å². The van der Waals surface area contributed by atoms with Gasteiger partial charge in [-0.3, -0.25) is 53.8 Å². The molecule has 4 fully saturated rings. The first-order valence-corrected chi connectivity index (χ1v) is 24.6. The van der Waals surface area contributed by atoms with Gasteiger partial charge in [0.15, 0.2) is 0 Å². The fraction of sp³-hybridized carbons (Fsp3) is 0.396. The molecule has 5 aromatic rings. The normalized spacial score (nSPS) is 21.3. The third-order valence-corrected chi connectivity index (χ3v) is 14.8. The lowest BCUT2D eigenvalue weighted by molar-refractivity contribution is -0.136. The molecule has 0 radical (unpaired) electrons. The van der Waals surface area contributed by atoms with Gasteiger partial charge in [-0.2, -0.15) is 0 Å². The fourth-order valence-electron chi connectivity index (χ4n) is 10.5. The molecule has 6 heterocycles. The van der Waals surface area contributed by atoms with Gasteiger partial charge in [-0.1, -0.05) is 0 Å². The van der Waals surface area contributed by atoms with Crippen molar-refractivity contribution in [3.63, 3.8) is 0 Å². The highest BCUT2D eigenvalue weighted by Crippen LogP contribution is 2.48. The Morgan fingerprint density at radius 2 is 1.47 bits per heavy atom. The van der Waals surface area contributed by atoms with Crippen molar-refractivity contribution in [3.8, 4) is 17.2 Å². The monoisotopic (exact) mass is 980 g/mol. The zero-order chi connectivity index (χ0) is 50.3. The molecule has 1 unspecified atom stereocenters. The van der Waals surface area contributed by atoms with E-state index in [0.29, 0.717) is 66.6 Å². The Morgan fingerprint density at radius 1 is 0.806 bits per heavy atom. The molecule has 4 aliphatic heterocycles. The number of anilines is 4. The van der Waals surface area contributed by atoms with Gasteiger partial charge in [0, 0.05) is 93.5 Å². The number of amides is 6. The van der Waals surface area contributed by atoms with Crippen LogP contribution in [-0.2, 0) is 19.2 Å². The van der Waals surface area contributed by atoms with E-state index in [4.69, 9.17) is 14.5 Å². The second kappa shape index (κ2) is 19.9. The molecular weight excluding hydrogens is 924 g/mol. The number of benzene rings is 3. The minimum atomic E-state index is -1.18. The Morgan fingerprint density at radius 3 is 2.15 bits per heavy atom. The summed E-state index contributed by atoms with van der Waals surface area (Å²) in [5.41, 5.74) is 1.87. The molecule has 19 heteroatoms. The average Bonchev–Trinajstić information content (AvgIpc) is 4.16. The summed E-state index contributed by atoms with van der Waals surface area (Å²) in [6.45, 7) is 10.3. The highest BCUT2D eigenvalue weighted by atomic mass is 19.1. The van der Waals surface area contributed by atoms with Crippen molar-refractivity contribution in [2.45, 2.75) is 70.5 Å². The van der Waals surface area contributed by atoms with Crippen LogP contribution in [0.15, 0.2) is 85.2 Å². The van der Waals surface area contributed by atoms with Crippen molar-refractivity contribution in [2.75, 3.05) is 73.8 Å². The molecule has 0 spiro atoms. The highest BCUT2D eigenvalue weighted by Gasteiger charge is 2.56. The smallest absolute Gasteiger partial charge is 0.266 e. The van der Waals surface area contributed by atoms with Crippen LogP contribution in [0.25, 0.3) is 10.9 Å². The molecule has 6 amide bonds. The van der Waals surface area contributed by atoms with Crippen molar-refractivity contribution < 1.29 is 42.6 Å². The summed E-state index contributed by atoms with van der Waals surface area (Å²) in [4.78, 5) is 94.9. The quantitative estimate of drug-likeness (QED) is 0.0696. The van der Waals surface area contributed by atoms with Crippen molar-refractivity contribution in [2.24, 2.45) is 11.3 Å². The Kier molecular flexibility index (Phi) is 13.3. The molecule has 374 valence electrons. The van der Waals surface area contributed by atoms with E-state index in [9.17, 15) is 33.2 Å². The standard InChI is InChI=1S/C53H57FN10O8/c1-31-29-63(32(2)28-62(31)25-22-57-47-46-38(14-20-56-47)49(67)64(50(46)68)41-12-13-45(65)60-48(41)66)30-33-16-23-61(24-17-33)42-27-40-39(26-44(42)71-3)43(15-21-55-40)72-37-10-8-36(9-11-37)59-52(70)53(18-19-53)51(69)58-35-6-4-34(54)5-7-35/h4-11,14-15,20-21,26-27,31-33,41H,12-13,16-19,22-25,28-30H2,1-3H3,(H,56,57)(H,58,69)(H,59,70)(H,60,65,66)/t31-,32-,41?/m1/s1. The van der Waals surface area contributed by atoms with Crippen LogP contribution in [0, 0.1) is 17.2 Å². The summed E-state index contributed by atoms with van der Waals surface area (Å²) in [7, 11) is 1.67. The Labute approximate surface area is 415 Å². The van der Waals surface area contributed by atoms with Crippen LogP contribution in [0.5, 0.6) is 17.2 Å². The van der Waals surface area contributed by atoms with E-state index < -0.39 is 52.7 Å². The van der Waals surface area contributed by atoms with Crippen LogP contribution >= 0.6 is 0 Å². The molecule has 18 nitrogen and oxygen atoms in total. The van der Waals surface area contributed by atoms with E-state index in [-0.39, 0.29) is 30.0 Å². The molecule has 4 N–H and O–H groups in total. The van der Waals surface area contributed by atoms with Crippen LogP contribution in [0.2, 0.25) is 0 Å². The van der Waals surface area contributed by atoms with E-state index in [1.54, 1.807) is 43.6 Å². The van der Waals surface area contributed by atoms with Crippen molar-refractivity contribution in [1.29, 1.82) is 0 Å². The fourth-order valence-corrected chi connectivity index (χ4v) is 10.5. The minimum Gasteiger partial charge on any atom is -0.495 e. The van der Waals surface area contributed by atoms with Gasteiger partial charge in [-0.15, -0.1) is 0 Å². The first-order chi connectivity index (χ1) is 34.8. The lowest BCUT2D eigenvalue weighted by Gasteiger charge is -2.46. The van der Waals surface area contributed by atoms with Gasteiger partial charge in [-0.25, -0.2) is 9.37 Å². The van der Waals surface area contributed by atoms with E-state index >= 15 is 0 Å². The summed E-state index contributed by atoms with van der Waals surface area (Å²) in [5.74, 6) is -0.725. The number of nitrogens with zero attached hydrogens (tertiary/aromatic N) is 6. The number of piperidine rings is 2. The molecule has 1 aliphatic carbocycles. The van der Waals surface area contributed by atoms with Crippen LogP contribution in [0.1, 0.15) is 73.1 Å². The van der Waals surface area contributed by atoms with Crippen LogP contribution < -0.4 is 35.6 Å². The molecule has 3 atom stereocenters. The zero-order valence-corrected chi connectivity index (χ0v) is 40.4. The second-order valence-electron chi connectivity index (χ2n) is 19.5. The molecule has 5 aliphatic rings. The number of aromatic nitrogens is 2. The highest BCUT2D eigenvalue weighted by molar-refractivity contribution is 6.25. The van der Waals surface area contributed by atoms with Gasteiger partial charge < -0.3 is 30.3 Å². The van der Waals surface area contributed by atoms with Gasteiger partial charge in [0.05, 0.1) is 29.4 Å². The van der Waals surface area contributed by atoms with E-state index in [1.165, 1.54) is 36.5 Å². The van der Waals surface area contributed by atoms with Crippen LogP contribution in [0.3, 0.4) is 0 Å². The predicted molar refractivity (Wildman–Crippen MR) is 267 cm³/mol. The molecule has 1 saturated carbocycles. The number of imide groups is 2. The number of ether oxygens (including phenoxy) is 2. The number of fused-ring (bicyclic) bond motifs is 2. The number of rotatable bonds is 15. The summed E-state index contributed by atoms with van der Waals surface area (Å²) in [6, 6.07) is 19.3. The first-order valence-electron chi connectivity index (χ1n) is 24.6. The number of methoxy groups -OCH3 is 1. The number of piperazine rings is 1. The zero-order valence-electron chi connectivity index (χ0n) is 40.4. The number of nitrogens with one attached hydrogen (secondary N) is 4. The number of carbonyl (C=O) groups excluding carboxylic acids is 6. The number of halogens is 1. The number of hydrogen-bond acceptors (Lipinski definition) is 14. The number of pyridine rings is 2. The van der Waals surface area contributed by atoms with E-state index in [2.05, 4.69) is 60.9 Å². The van der Waals surface area contributed by atoms with E-state index in [1.807, 2.05) is 6.07 Å². The maximum Gasteiger partial charge on any atom is 0.266 e. The van der Waals surface area contributed by atoms with Gasteiger partial charge in [0.2, 0.25) is 23.6 Å². The molecule has 3 saturated heterocycles. The molecule has 72 heavy (non-hydrogen) atoms. The SMILES string of the molecule is COc1cc2c(Oc3ccc(NC(=O)C4(C(=O)Nc5ccc(F)cc5)CC4)cc3)ccnc2cc1N1CCC(CN2C[C@@H](C)N(CCNc3nccc4c3C(=O)N(C3CCC(=O)NC3=O)C4=O)C[C@H]2C)CC1. The average molecular weight is 981 g/mol. The predicted octanol–water partition coefficient (Wildman–Crippen LogP) is 6.05. The van der Waals surface area contributed by atoms with Gasteiger partial charge in [0.25, 0.3) is 11.8 Å². The molecule has 3 aromatic carbocycles. The molecule has 10 rings (SSSR count). The third-order valence-electron chi connectivity index (χ3n) is 14.8. The van der Waals surface area contributed by atoms with Gasteiger partial charge >= 0.3 is 0 Å². The lowest BCUT2D eigenvalue weighted by Crippen LogP contribution is -2.58. The Bertz CT molecular complexity index is 2940. The van der Waals surface area contributed by atoms with Crippen molar-refractivity contribution in [1.82, 2.24) is 30.0 Å². The number of hydrogen-bond donors (Lipinski definition) is 4. The second-order valence-corrected chi connectivity index (χ2v) is 19.5. The number of carbonyl (C=O) groups is 6. The van der Waals surface area contributed by atoms with Crippen LogP contribution in [0.4, 0.5) is 27.3 Å². The summed E-state index contributed by atoms with van der Waals surface area (Å²) in [6.07, 6.45) is 6.25. The molecular formula is C53H57FN10O8. The van der Waals surface area contributed by atoms with Crippen molar-refractivity contribution >= 4 is 69.2 Å². The first kappa shape index (κ1) is 48.1.